The van der Waals surface area contributed by atoms with E-state index in [2.05, 4.69) is 45.3 Å². The van der Waals surface area contributed by atoms with Crippen molar-refractivity contribution in [3.05, 3.63) is 22.8 Å². The fraction of sp³-hybridized carbons (Fsp3) is 0.615. The third-order valence-electron chi connectivity index (χ3n) is 2.96. The predicted molar refractivity (Wildman–Crippen MR) is 77.5 cm³/mol. The Hall–Kier alpha value is -0.0600. The smallest absolute Gasteiger partial charge is 0.0961 e. The molecule has 2 rings (SSSR count). The van der Waals surface area contributed by atoms with E-state index in [0.717, 1.165) is 27.7 Å². The van der Waals surface area contributed by atoms with Crippen molar-refractivity contribution >= 4 is 27.7 Å². The van der Waals surface area contributed by atoms with Crippen molar-refractivity contribution in [1.29, 1.82) is 0 Å². The number of thioether (sulfide) groups is 1. The first-order chi connectivity index (χ1) is 8.29. The number of hydrogen-bond donors (Lipinski definition) is 1. The van der Waals surface area contributed by atoms with Crippen LogP contribution in [0.3, 0.4) is 0 Å². The quantitative estimate of drug-likeness (QED) is 0.776. The molecule has 1 saturated carbocycles. The molecule has 1 heterocycles. The van der Waals surface area contributed by atoms with Gasteiger partial charge in [0.05, 0.1) is 5.03 Å². The Morgan fingerprint density at radius 2 is 2.35 bits per heavy atom. The summed E-state index contributed by atoms with van der Waals surface area (Å²) in [6.45, 7) is 3.36. The van der Waals surface area contributed by atoms with Gasteiger partial charge in [0.2, 0.25) is 0 Å². The van der Waals surface area contributed by atoms with E-state index in [0.29, 0.717) is 6.04 Å². The topological polar surface area (TPSA) is 24.9 Å². The van der Waals surface area contributed by atoms with E-state index in [1.54, 1.807) is 0 Å². The highest BCUT2D eigenvalue weighted by Gasteiger charge is 2.30. The third-order valence-corrected chi connectivity index (χ3v) is 4.49. The summed E-state index contributed by atoms with van der Waals surface area (Å²) in [5.74, 6) is 2.05. The van der Waals surface area contributed by atoms with E-state index < -0.39 is 0 Å². The molecule has 0 radical (unpaired) electrons. The number of nitrogens with zero attached hydrogens (tertiary/aromatic N) is 1. The SMILES string of the molecule is CCCNC(CSc1ccc(Br)cn1)C1CC1. The molecule has 1 aliphatic rings. The Bertz CT molecular complexity index is 338. The van der Waals surface area contributed by atoms with Gasteiger partial charge in [-0.15, -0.1) is 11.8 Å². The second-order valence-electron chi connectivity index (χ2n) is 4.52. The number of halogens is 1. The van der Waals surface area contributed by atoms with Gasteiger partial charge in [-0.2, -0.15) is 0 Å². The van der Waals surface area contributed by atoms with Crippen molar-refractivity contribution in [2.24, 2.45) is 5.92 Å². The van der Waals surface area contributed by atoms with E-state index >= 15 is 0 Å². The summed E-state index contributed by atoms with van der Waals surface area (Å²) in [4.78, 5) is 4.40. The Labute approximate surface area is 116 Å². The monoisotopic (exact) mass is 314 g/mol. The van der Waals surface area contributed by atoms with Gasteiger partial charge in [-0.25, -0.2) is 4.98 Å². The highest BCUT2D eigenvalue weighted by molar-refractivity contribution is 9.10. The Balaban J connectivity index is 1.80. The van der Waals surface area contributed by atoms with Crippen LogP contribution in [-0.4, -0.2) is 23.3 Å². The summed E-state index contributed by atoms with van der Waals surface area (Å²) in [6, 6.07) is 4.81. The normalized spacial score (nSPS) is 17.1. The van der Waals surface area contributed by atoms with Gasteiger partial charge in [0.15, 0.2) is 0 Å². The largest absolute Gasteiger partial charge is 0.313 e. The molecule has 0 bridgehead atoms. The van der Waals surface area contributed by atoms with Crippen molar-refractivity contribution in [2.75, 3.05) is 12.3 Å². The first-order valence-corrected chi connectivity index (χ1v) is 8.05. The van der Waals surface area contributed by atoms with Gasteiger partial charge < -0.3 is 5.32 Å². The predicted octanol–water partition coefficient (Wildman–Crippen LogP) is 3.71. The molecule has 17 heavy (non-hydrogen) atoms. The Kier molecular flexibility index (Phi) is 5.32. The molecule has 1 unspecified atom stereocenters. The summed E-state index contributed by atoms with van der Waals surface area (Å²) in [5, 5.41) is 4.78. The molecule has 0 spiro atoms. The molecular formula is C13H19BrN2S. The fourth-order valence-corrected chi connectivity index (χ4v) is 3.08. The van der Waals surface area contributed by atoms with Gasteiger partial charge in [-0.3, -0.25) is 0 Å². The Morgan fingerprint density at radius 1 is 1.53 bits per heavy atom. The minimum atomic E-state index is 0.672. The molecule has 1 atom stereocenters. The number of aromatic nitrogens is 1. The van der Waals surface area contributed by atoms with Crippen LogP contribution < -0.4 is 5.32 Å². The van der Waals surface area contributed by atoms with E-state index in [-0.39, 0.29) is 0 Å². The fourth-order valence-electron chi connectivity index (χ4n) is 1.81. The van der Waals surface area contributed by atoms with Gasteiger partial charge in [0, 0.05) is 22.5 Å². The van der Waals surface area contributed by atoms with Crippen molar-refractivity contribution in [3.63, 3.8) is 0 Å². The molecule has 1 aromatic rings. The van der Waals surface area contributed by atoms with E-state index in [1.165, 1.54) is 19.3 Å². The summed E-state index contributed by atoms with van der Waals surface area (Å²) in [7, 11) is 0. The lowest BCUT2D eigenvalue weighted by Gasteiger charge is -2.17. The van der Waals surface area contributed by atoms with Gasteiger partial charge in [-0.05, 0) is 59.8 Å². The summed E-state index contributed by atoms with van der Waals surface area (Å²) < 4.78 is 1.05. The van der Waals surface area contributed by atoms with E-state index in [9.17, 15) is 0 Å². The third kappa shape index (κ3) is 4.60. The van der Waals surface area contributed by atoms with Crippen LogP contribution in [0.5, 0.6) is 0 Å². The lowest BCUT2D eigenvalue weighted by atomic mass is 10.2. The number of hydrogen-bond acceptors (Lipinski definition) is 3. The first kappa shape index (κ1) is 13.4. The first-order valence-electron chi connectivity index (χ1n) is 6.27. The van der Waals surface area contributed by atoms with Crippen molar-refractivity contribution in [3.8, 4) is 0 Å². The molecule has 0 amide bonds. The molecule has 1 aromatic heterocycles. The van der Waals surface area contributed by atoms with Crippen LogP contribution in [0.1, 0.15) is 26.2 Å². The van der Waals surface area contributed by atoms with Gasteiger partial charge in [0.1, 0.15) is 0 Å². The van der Waals surface area contributed by atoms with Crippen LogP contribution in [-0.2, 0) is 0 Å². The molecule has 1 aliphatic carbocycles. The molecule has 0 aromatic carbocycles. The lowest BCUT2D eigenvalue weighted by Crippen LogP contribution is -2.33. The minimum absolute atomic E-state index is 0.672. The van der Waals surface area contributed by atoms with Crippen molar-refractivity contribution < 1.29 is 0 Å². The van der Waals surface area contributed by atoms with Crippen molar-refractivity contribution in [2.45, 2.75) is 37.3 Å². The average Bonchev–Trinajstić information content (AvgIpc) is 3.16. The van der Waals surface area contributed by atoms with Crippen LogP contribution in [0.4, 0.5) is 0 Å². The zero-order chi connectivity index (χ0) is 12.1. The number of nitrogens with one attached hydrogen (secondary N) is 1. The zero-order valence-electron chi connectivity index (χ0n) is 10.2. The van der Waals surface area contributed by atoms with Crippen LogP contribution >= 0.6 is 27.7 Å². The second-order valence-corrected chi connectivity index (χ2v) is 6.48. The maximum Gasteiger partial charge on any atom is 0.0961 e. The van der Waals surface area contributed by atoms with Gasteiger partial charge in [0.25, 0.3) is 0 Å². The molecule has 1 fully saturated rings. The summed E-state index contributed by atoms with van der Waals surface area (Å²) >= 11 is 5.27. The van der Waals surface area contributed by atoms with E-state index in [4.69, 9.17) is 0 Å². The second kappa shape index (κ2) is 6.76. The average molecular weight is 315 g/mol. The maximum absolute atomic E-state index is 4.40. The van der Waals surface area contributed by atoms with Crippen molar-refractivity contribution in [1.82, 2.24) is 10.3 Å². The molecule has 0 aliphatic heterocycles. The molecule has 4 heteroatoms. The number of rotatable bonds is 7. The molecule has 1 N–H and O–H groups in total. The van der Waals surface area contributed by atoms with Gasteiger partial charge >= 0.3 is 0 Å². The maximum atomic E-state index is 4.40. The zero-order valence-corrected chi connectivity index (χ0v) is 12.6. The summed E-state index contributed by atoms with van der Waals surface area (Å²) in [6.07, 6.45) is 5.88. The van der Waals surface area contributed by atoms with Crippen LogP contribution in [0.2, 0.25) is 0 Å². The lowest BCUT2D eigenvalue weighted by molar-refractivity contribution is 0.503. The van der Waals surface area contributed by atoms with Crippen LogP contribution in [0, 0.1) is 5.92 Å². The minimum Gasteiger partial charge on any atom is -0.313 e. The number of pyridine rings is 1. The standard InChI is InChI=1S/C13H19BrN2S/c1-2-7-15-12(10-3-4-10)9-17-13-6-5-11(14)8-16-13/h5-6,8,10,12,15H,2-4,7,9H2,1H3. The molecule has 0 saturated heterocycles. The molecular weight excluding hydrogens is 296 g/mol. The summed E-state index contributed by atoms with van der Waals surface area (Å²) in [5.41, 5.74) is 0. The Morgan fingerprint density at radius 3 is 2.94 bits per heavy atom. The van der Waals surface area contributed by atoms with E-state index in [1.807, 2.05) is 18.0 Å². The molecule has 94 valence electrons. The highest BCUT2D eigenvalue weighted by atomic mass is 79.9. The van der Waals surface area contributed by atoms with Crippen LogP contribution in [0.25, 0.3) is 0 Å². The van der Waals surface area contributed by atoms with Gasteiger partial charge in [-0.1, -0.05) is 6.92 Å². The van der Waals surface area contributed by atoms with Crippen LogP contribution in [0.15, 0.2) is 27.8 Å². The molecule has 2 nitrogen and oxygen atoms in total. The highest BCUT2D eigenvalue weighted by Crippen LogP contribution is 2.35.